The van der Waals surface area contributed by atoms with Crippen molar-refractivity contribution < 1.29 is 5.11 Å². The minimum absolute atomic E-state index is 0.460. The van der Waals surface area contributed by atoms with Crippen molar-refractivity contribution in [1.29, 1.82) is 0 Å². The Labute approximate surface area is 104 Å². The summed E-state index contributed by atoms with van der Waals surface area (Å²) in [5, 5.41) is 12.6. The Balaban J connectivity index is 2.13. The third kappa shape index (κ3) is 2.64. The van der Waals surface area contributed by atoms with Crippen LogP contribution in [0.2, 0.25) is 5.02 Å². The van der Waals surface area contributed by atoms with Crippen molar-refractivity contribution in [1.82, 2.24) is 0 Å². The Kier molecular flexibility index (Phi) is 3.64. The van der Waals surface area contributed by atoms with Crippen LogP contribution in [0.3, 0.4) is 0 Å². The van der Waals surface area contributed by atoms with Crippen LogP contribution < -0.4 is 0 Å². The maximum atomic E-state index is 10.1. The lowest BCUT2D eigenvalue weighted by molar-refractivity contribution is 0.182. The molecule has 1 heterocycles. The quantitative estimate of drug-likeness (QED) is 0.876. The number of thiophene rings is 1. The molecule has 1 aromatic heterocycles. The highest BCUT2D eigenvalue weighted by atomic mass is 35.5. The lowest BCUT2D eigenvalue weighted by Crippen LogP contribution is -2.00. The zero-order valence-corrected chi connectivity index (χ0v) is 10.6. The van der Waals surface area contributed by atoms with Crippen LogP contribution in [0.1, 0.15) is 22.1 Å². The topological polar surface area (TPSA) is 20.2 Å². The fraction of sp³-hybridized carbons (Fsp3) is 0.231. The predicted octanol–water partition coefficient (Wildman–Crippen LogP) is 3.99. The summed E-state index contributed by atoms with van der Waals surface area (Å²) >= 11 is 7.34. The molecule has 0 bridgehead atoms. The normalized spacial score (nSPS) is 12.7. The predicted molar refractivity (Wildman–Crippen MR) is 69.2 cm³/mol. The minimum Gasteiger partial charge on any atom is -0.387 e. The summed E-state index contributed by atoms with van der Waals surface area (Å²) in [4.78, 5) is 0.924. The summed E-state index contributed by atoms with van der Waals surface area (Å²) in [5.41, 5.74) is 2.39. The van der Waals surface area contributed by atoms with Gasteiger partial charge >= 0.3 is 0 Å². The molecule has 1 unspecified atom stereocenters. The van der Waals surface area contributed by atoms with E-state index < -0.39 is 6.10 Å². The van der Waals surface area contributed by atoms with Gasteiger partial charge in [-0.3, -0.25) is 0 Å². The number of rotatable bonds is 3. The molecule has 0 saturated carbocycles. The molecule has 0 amide bonds. The number of benzene rings is 1. The number of aliphatic hydroxyl groups excluding tert-OH is 1. The molecule has 1 N–H and O–H groups in total. The van der Waals surface area contributed by atoms with Gasteiger partial charge in [0.1, 0.15) is 0 Å². The fourth-order valence-corrected chi connectivity index (χ4v) is 2.72. The highest BCUT2D eigenvalue weighted by molar-refractivity contribution is 7.10. The van der Waals surface area contributed by atoms with Crippen LogP contribution in [0.5, 0.6) is 0 Å². The Morgan fingerprint density at radius 3 is 2.75 bits per heavy atom. The molecule has 0 aliphatic carbocycles. The van der Waals surface area contributed by atoms with Gasteiger partial charge in [-0.05, 0) is 24.1 Å². The van der Waals surface area contributed by atoms with Gasteiger partial charge in [-0.15, -0.1) is 11.3 Å². The van der Waals surface area contributed by atoms with E-state index in [9.17, 15) is 5.11 Å². The van der Waals surface area contributed by atoms with Crippen molar-refractivity contribution in [2.75, 3.05) is 0 Å². The van der Waals surface area contributed by atoms with E-state index in [2.05, 4.69) is 13.0 Å². The molecule has 16 heavy (non-hydrogen) atoms. The van der Waals surface area contributed by atoms with Crippen molar-refractivity contribution >= 4 is 22.9 Å². The number of hydrogen-bond donors (Lipinski definition) is 1. The number of aryl methyl sites for hydroxylation is 1. The van der Waals surface area contributed by atoms with E-state index in [4.69, 9.17) is 11.6 Å². The summed E-state index contributed by atoms with van der Waals surface area (Å²) in [7, 11) is 0. The largest absolute Gasteiger partial charge is 0.387 e. The molecule has 1 aromatic carbocycles. The van der Waals surface area contributed by atoms with E-state index in [0.29, 0.717) is 11.4 Å². The molecule has 2 rings (SSSR count). The molecule has 1 atom stereocenters. The maximum absolute atomic E-state index is 10.1. The molecule has 0 fully saturated rings. The second-order valence-electron chi connectivity index (χ2n) is 3.81. The van der Waals surface area contributed by atoms with Crippen LogP contribution in [0, 0.1) is 6.92 Å². The third-order valence-corrected chi connectivity index (χ3v) is 3.97. The molecule has 0 radical (unpaired) electrons. The molecule has 0 saturated heterocycles. The van der Waals surface area contributed by atoms with Crippen molar-refractivity contribution in [2.24, 2.45) is 0 Å². The van der Waals surface area contributed by atoms with Crippen LogP contribution >= 0.6 is 22.9 Å². The molecule has 0 aliphatic heterocycles. The SMILES string of the molecule is Cc1ccccc1CC(O)c1cc(Cl)cs1. The Bertz CT molecular complexity index is 478. The summed E-state index contributed by atoms with van der Waals surface area (Å²) in [6.45, 7) is 2.06. The molecule has 1 nitrogen and oxygen atoms in total. The Morgan fingerprint density at radius 1 is 1.38 bits per heavy atom. The van der Waals surface area contributed by atoms with Gasteiger partial charge in [0.15, 0.2) is 0 Å². The Morgan fingerprint density at radius 2 is 2.12 bits per heavy atom. The molecular weight excluding hydrogens is 240 g/mol. The average Bonchev–Trinajstić information content (AvgIpc) is 2.68. The molecule has 0 spiro atoms. The third-order valence-electron chi connectivity index (χ3n) is 2.59. The monoisotopic (exact) mass is 252 g/mol. The van der Waals surface area contributed by atoms with E-state index in [1.807, 2.05) is 29.6 Å². The first-order valence-electron chi connectivity index (χ1n) is 5.13. The van der Waals surface area contributed by atoms with Crippen LogP contribution in [0.4, 0.5) is 0 Å². The van der Waals surface area contributed by atoms with Gasteiger partial charge in [0.25, 0.3) is 0 Å². The van der Waals surface area contributed by atoms with Gasteiger partial charge in [-0.1, -0.05) is 35.9 Å². The molecular formula is C13H13ClOS. The Hall–Kier alpha value is -0.830. The highest BCUT2D eigenvalue weighted by Gasteiger charge is 2.11. The average molecular weight is 253 g/mol. The lowest BCUT2D eigenvalue weighted by Gasteiger charge is -2.10. The van der Waals surface area contributed by atoms with Crippen molar-refractivity contribution in [2.45, 2.75) is 19.4 Å². The standard InChI is InChI=1S/C13H13ClOS/c1-9-4-2-3-5-10(9)6-12(15)13-7-11(14)8-16-13/h2-5,7-8,12,15H,6H2,1H3. The summed E-state index contributed by atoms with van der Waals surface area (Å²) < 4.78 is 0. The van der Waals surface area contributed by atoms with Gasteiger partial charge in [-0.2, -0.15) is 0 Å². The van der Waals surface area contributed by atoms with Crippen molar-refractivity contribution in [3.05, 3.63) is 56.7 Å². The van der Waals surface area contributed by atoms with Crippen LogP contribution in [-0.2, 0) is 6.42 Å². The summed E-state index contributed by atoms with van der Waals surface area (Å²) in [6, 6.07) is 9.94. The zero-order valence-electron chi connectivity index (χ0n) is 8.98. The number of aliphatic hydroxyl groups is 1. The van der Waals surface area contributed by atoms with Gasteiger partial charge in [0.2, 0.25) is 0 Å². The summed E-state index contributed by atoms with van der Waals surface area (Å²) in [5.74, 6) is 0. The zero-order chi connectivity index (χ0) is 11.5. The fourth-order valence-electron chi connectivity index (χ4n) is 1.65. The first kappa shape index (κ1) is 11.6. The van der Waals surface area contributed by atoms with Crippen LogP contribution in [0.15, 0.2) is 35.7 Å². The molecule has 0 aliphatic rings. The van der Waals surface area contributed by atoms with Gasteiger partial charge in [-0.25, -0.2) is 0 Å². The maximum Gasteiger partial charge on any atom is 0.0922 e. The highest BCUT2D eigenvalue weighted by Crippen LogP contribution is 2.28. The van der Waals surface area contributed by atoms with Crippen LogP contribution in [-0.4, -0.2) is 5.11 Å². The second-order valence-corrected chi connectivity index (χ2v) is 5.19. The molecule has 3 heteroatoms. The number of hydrogen-bond acceptors (Lipinski definition) is 2. The van der Waals surface area contributed by atoms with E-state index >= 15 is 0 Å². The first-order valence-corrected chi connectivity index (χ1v) is 6.39. The smallest absolute Gasteiger partial charge is 0.0922 e. The van der Waals surface area contributed by atoms with Gasteiger partial charge < -0.3 is 5.11 Å². The van der Waals surface area contributed by atoms with Crippen molar-refractivity contribution in [3.63, 3.8) is 0 Å². The summed E-state index contributed by atoms with van der Waals surface area (Å²) in [6.07, 6.45) is 0.183. The second kappa shape index (κ2) is 5.00. The van der Waals surface area contributed by atoms with Gasteiger partial charge in [0.05, 0.1) is 11.1 Å². The molecule has 84 valence electrons. The van der Waals surface area contributed by atoms with E-state index in [1.54, 1.807) is 0 Å². The number of halogens is 1. The molecule has 2 aromatic rings. The van der Waals surface area contributed by atoms with Crippen LogP contribution in [0.25, 0.3) is 0 Å². The minimum atomic E-state index is -0.460. The van der Waals surface area contributed by atoms with Gasteiger partial charge in [0, 0.05) is 16.7 Å². The lowest BCUT2D eigenvalue weighted by atomic mass is 10.0. The van der Waals surface area contributed by atoms with E-state index in [1.165, 1.54) is 22.5 Å². The van der Waals surface area contributed by atoms with E-state index in [0.717, 1.165) is 4.88 Å². The van der Waals surface area contributed by atoms with Crippen molar-refractivity contribution in [3.8, 4) is 0 Å². The first-order chi connectivity index (χ1) is 7.66. The van der Waals surface area contributed by atoms with E-state index in [-0.39, 0.29) is 0 Å².